The number of nitro benzene ring substituents is 1. The van der Waals surface area contributed by atoms with Crippen LogP contribution in [0.4, 0.5) is 5.69 Å². The highest BCUT2D eigenvalue weighted by molar-refractivity contribution is 5.32. The van der Waals surface area contributed by atoms with Gasteiger partial charge in [0.05, 0.1) is 11.5 Å². The molecule has 104 valence electrons. The highest BCUT2D eigenvalue weighted by Crippen LogP contribution is 2.14. The summed E-state index contributed by atoms with van der Waals surface area (Å²) >= 11 is 0. The van der Waals surface area contributed by atoms with Gasteiger partial charge in [0.1, 0.15) is 0 Å². The topological polar surface area (TPSA) is 64.4 Å². The molecule has 1 aliphatic heterocycles. The predicted molar refractivity (Wildman–Crippen MR) is 73.2 cm³/mol. The average Bonchev–Trinajstić information content (AvgIpc) is 2.45. The van der Waals surface area contributed by atoms with Crippen LogP contribution in [0.1, 0.15) is 18.4 Å². The second kappa shape index (κ2) is 7.21. The van der Waals surface area contributed by atoms with Crippen LogP contribution in [0.25, 0.3) is 0 Å². The van der Waals surface area contributed by atoms with Gasteiger partial charge < -0.3 is 10.1 Å². The molecule has 0 bridgehead atoms. The first-order valence-corrected chi connectivity index (χ1v) is 6.77. The molecule has 0 radical (unpaired) electrons. The molecule has 5 heteroatoms. The van der Waals surface area contributed by atoms with E-state index in [1.54, 1.807) is 24.3 Å². The molecule has 0 amide bonds. The number of rotatable bonds is 6. The zero-order valence-corrected chi connectivity index (χ0v) is 11.0. The van der Waals surface area contributed by atoms with Crippen LogP contribution >= 0.6 is 0 Å². The molecule has 5 nitrogen and oxygen atoms in total. The van der Waals surface area contributed by atoms with Gasteiger partial charge in [-0.3, -0.25) is 10.1 Å². The highest BCUT2D eigenvalue weighted by atomic mass is 16.6. The van der Waals surface area contributed by atoms with Crippen molar-refractivity contribution in [1.82, 2.24) is 5.32 Å². The van der Waals surface area contributed by atoms with E-state index in [-0.39, 0.29) is 10.6 Å². The van der Waals surface area contributed by atoms with Crippen molar-refractivity contribution in [3.63, 3.8) is 0 Å². The zero-order valence-electron chi connectivity index (χ0n) is 11.0. The van der Waals surface area contributed by atoms with E-state index in [0.29, 0.717) is 12.5 Å². The van der Waals surface area contributed by atoms with Crippen molar-refractivity contribution in [2.75, 3.05) is 26.3 Å². The second-order valence-electron chi connectivity index (χ2n) is 4.94. The van der Waals surface area contributed by atoms with Crippen LogP contribution in [0.15, 0.2) is 24.3 Å². The maximum atomic E-state index is 10.5. The zero-order chi connectivity index (χ0) is 13.5. The van der Waals surface area contributed by atoms with Gasteiger partial charge >= 0.3 is 0 Å². The molecule has 1 aromatic rings. The molecule has 0 spiro atoms. The molecule has 1 N–H and O–H groups in total. The van der Waals surface area contributed by atoms with Gasteiger partial charge in [0.25, 0.3) is 5.69 Å². The third-order valence-corrected chi connectivity index (χ3v) is 3.49. The summed E-state index contributed by atoms with van der Waals surface area (Å²) in [5.41, 5.74) is 1.22. The first-order chi connectivity index (χ1) is 9.25. The number of benzene rings is 1. The molecule has 0 unspecified atom stereocenters. The summed E-state index contributed by atoms with van der Waals surface area (Å²) in [4.78, 5) is 10.1. The lowest BCUT2D eigenvalue weighted by atomic mass is 9.99. The molecule has 2 rings (SSSR count). The molecular weight excluding hydrogens is 244 g/mol. The smallest absolute Gasteiger partial charge is 0.269 e. The Balaban J connectivity index is 1.66. The maximum Gasteiger partial charge on any atom is 0.269 e. The van der Waals surface area contributed by atoms with Crippen molar-refractivity contribution >= 4 is 5.69 Å². The van der Waals surface area contributed by atoms with Crippen LogP contribution in [0, 0.1) is 16.0 Å². The lowest BCUT2D eigenvalue weighted by Crippen LogP contribution is -2.30. The normalized spacial score (nSPS) is 16.4. The maximum absolute atomic E-state index is 10.5. The van der Waals surface area contributed by atoms with Crippen molar-refractivity contribution in [2.24, 2.45) is 5.92 Å². The van der Waals surface area contributed by atoms with Gasteiger partial charge in [-0.25, -0.2) is 0 Å². The van der Waals surface area contributed by atoms with Gasteiger partial charge in [0, 0.05) is 18.7 Å². The van der Waals surface area contributed by atoms with E-state index in [1.165, 1.54) is 12.8 Å². The number of hydrogen-bond acceptors (Lipinski definition) is 4. The lowest BCUT2D eigenvalue weighted by molar-refractivity contribution is -0.384. The minimum Gasteiger partial charge on any atom is -0.381 e. The number of nitrogens with zero attached hydrogens (tertiary/aromatic N) is 1. The number of hydrogen-bond donors (Lipinski definition) is 1. The largest absolute Gasteiger partial charge is 0.381 e. The Labute approximate surface area is 113 Å². The standard InChI is InChI=1S/C14H20N2O3/c17-16(18)14-3-1-12(2-4-14)7-10-19-11-13-5-8-15-9-6-13/h1-4,13,15H,5-11H2. The second-order valence-corrected chi connectivity index (χ2v) is 4.94. The third kappa shape index (κ3) is 4.61. The quantitative estimate of drug-likeness (QED) is 0.486. The Morgan fingerprint density at radius 3 is 2.58 bits per heavy atom. The lowest BCUT2D eigenvalue weighted by Gasteiger charge is -2.22. The van der Waals surface area contributed by atoms with E-state index < -0.39 is 0 Å². The fourth-order valence-electron chi connectivity index (χ4n) is 2.27. The van der Waals surface area contributed by atoms with Gasteiger partial charge in [-0.05, 0) is 43.8 Å². The number of ether oxygens (including phenoxy) is 1. The van der Waals surface area contributed by atoms with Gasteiger partial charge in [-0.1, -0.05) is 12.1 Å². The van der Waals surface area contributed by atoms with Gasteiger partial charge in [-0.15, -0.1) is 0 Å². The summed E-state index contributed by atoms with van der Waals surface area (Å²) < 4.78 is 5.69. The fourth-order valence-corrected chi connectivity index (χ4v) is 2.27. The van der Waals surface area contributed by atoms with E-state index in [1.807, 2.05) is 0 Å². The fraction of sp³-hybridized carbons (Fsp3) is 0.571. The van der Waals surface area contributed by atoms with E-state index in [2.05, 4.69) is 5.32 Å². The van der Waals surface area contributed by atoms with E-state index in [9.17, 15) is 10.1 Å². The van der Waals surface area contributed by atoms with Crippen LogP contribution < -0.4 is 5.32 Å². The summed E-state index contributed by atoms with van der Waals surface area (Å²) in [6.07, 6.45) is 3.19. The van der Waals surface area contributed by atoms with Crippen LogP contribution in [0.3, 0.4) is 0 Å². The Morgan fingerprint density at radius 1 is 1.26 bits per heavy atom. The molecule has 0 saturated carbocycles. The van der Waals surface area contributed by atoms with E-state index >= 15 is 0 Å². The van der Waals surface area contributed by atoms with Gasteiger partial charge in [0.15, 0.2) is 0 Å². The number of nitro groups is 1. The van der Waals surface area contributed by atoms with Crippen molar-refractivity contribution in [3.05, 3.63) is 39.9 Å². The van der Waals surface area contributed by atoms with Crippen LogP contribution in [0.5, 0.6) is 0 Å². The summed E-state index contributed by atoms with van der Waals surface area (Å²) in [6, 6.07) is 6.68. The molecule has 1 heterocycles. The van der Waals surface area contributed by atoms with Gasteiger partial charge in [-0.2, -0.15) is 0 Å². The molecule has 1 saturated heterocycles. The molecule has 19 heavy (non-hydrogen) atoms. The first-order valence-electron chi connectivity index (χ1n) is 6.77. The molecule has 0 atom stereocenters. The molecule has 1 aromatic carbocycles. The minimum absolute atomic E-state index is 0.138. The Kier molecular flexibility index (Phi) is 5.30. The van der Waals surface area contributed by atoms with Gasteiger partial charge in [0.2, 0.25) is 0 Å². The van der Waals surface area contributed by atoms with E-state index in [4.69, 9.17) is 4.74 Å². The monoisotopic (exact) mass is 264 g/mol. The van der Waals surface area contributed by atoms with Crippen molar-refractivity contribution in [2.45, 2.75) is 19.3 Å². The first kappa shape index (κ1) is 14.0. The number of piperidine rings is 1. The highest BCUT2D eigenvalue weighted by Gasteiger charge is 2.12. The van der Waals surface area contributed by atoms with Crippen molar-refractivity contribution in [1.29, 1.82) is 0 Å². The average molecular weight is 264 g/mol. The molecular formula is C14H20N2O3. The molecule has 0 aromatic heterocycles. The number of non-ortho nitro benzene ring substituents is 1. The van der Waals surface area contributed by atoms with Crippen molar-refractivity contribution in [3.8, 4) is 0 Å². The third-order valence-electron chi connectivity index (χ3n) is 3.49. The minimum atomic E-state index is -0.378. The summed E-state index contributed by atoms with van der Waals surface area (Å²) in [7, 11) is 0. The molecule has 1 aliphatic rings. The predicted octanol–water partition coefficient (Wildman–Crippen LogP) is 2.15. The SMILES string of the molecule is O=[N+]([O-])c1ccc(CCOCC2CCNCC2)cc1. The van der Waals surface area contributed by atoms with E-state index in [0.717, 1.165) is 31.7 Å². The van der Waals surface area contributed by atoms with Crippen molar-refractivity contribution < 1.29 is 9.66 Å². The van der Waals surface area contributed by atoms with Crippen LogP contribution in [-0.4, -0.2) is 31.2 Å². The molecule has 0 aliphatic carbocycles. The summed E-state index contributed by atoms with van der Waals surface area (Å²) in [6.45, 7) is 3.70. The Morgan fingerprint density at radius 2 is 1.95 bits per heavy atom. The van der Waals surface area contributed by atoms with Crippen LogP contribution in [0.2, 0.25) is 0 Å². The summed E-state index contributed by atoms with van der Waals surface area (Å²) in [5, 5.41) is 13.9. The summed E-state index contributed by atoms with van der Waals surface area (Å²) in [5.74, 6) is 0.679. The van der Waals surface area contributed by atoms with Crippen LogP contribution in [-0.2, 0) is 11.2 Å². The Hall–Kier alpha value is -1.46. The number of nitrogens with one attached hydrogen (secondary N) is 1. The Bertz CT molecular complexity index is 400. The molecule has 1 fully saturated rings.